The first kappa shape index (κ1) is 25.1. The second kappa shape index (κ2) is 13.3. The highest BCUT2D eigenvalue weighted by atomic mass is 31.1. The van der Waals surface area contributed by atoms with E-state index in [1.54, 1.807) is 11.8 Å². The van der Waals surface area contributed by atoms with Crippen LogP contribution in [-0.2, 0) is 0 Å². The summed E-state index contributed by atoms with van der Waals surface area (Å²) in [5.74, 6) is 6.29. The largest absolute Gasteiger partial charge is 0.103 e. The first-order chi connectivity index (χ1) is 13.6. The van der Waals surface area contributed by atoms with Gasteiger partial charge in [0.05, 0.1) is 0 Å². The van der Waals surface area contributed by atoms with Crippen LogP contribution in [-0.4, -0.2) is 36.0 Å². The molecule has 28 heavy (non-hydrogen) atoms. The van der Waals surface area contributed by atoms with Gasteiger partial charge in [0.2, 0.25) is 0 Å². The Labute approximate surface area is 181 Å². The lowest BCUT2D eigenvalue weighted by Gasteiger charge is -2.38. The predicted molar refractivity (Wildman–Crippen MR) is 132 cm³/mol. The highest BCUT2D eigenvalue weighted by Crippen LogP contribution is 2.60. The molecule has 2 fully saturated rings. The van der Waals surface area contributed by atoms with Crippen LogP contribution in [0.2, 0.25) is 0 Å². The molecule has 2 aliphatic rings. The molecule has 0 aromatic carbocycles. The van der Waals surface area contributed by atoms with Crippen molar-refractivity contribution in [1.29, 1.82) is 0 Å². The summed E-state index contributed by atoms with van der Waals surface area (Å²) in [4.78, 5) is 0. The minimum absolute atomic E-state index is 0.0904. The molecule has 0 aromatic rings. The molecule has 2 aliphatic carbocycles. The molecule has 156 valence electrons. The van der Waals surface area contributed by atoms with Crippen molar-refractivity contribution in [2.45, 2.75) is 78.5 Å². The predicted octanol–water partition coefficient (Wildman–Crippen LogP) is 7.92. The molecule has 10 radical (unpaired) electrons. The van der Waals surface area contributed by atoms with Gasteiger partial charge in [0.15, 0.2) is 0 Å². The first-order valence-electron chi connectivity index (χ1n) is 11.6. The molecule has 2 saturated carbocycles. The quantitative estimate of drug-likeness (QED) is 0.268. The van der Waals surface area contributed by atoms with Crippen LogP contribution in [0.3, 0.4) is 0 Å². The molecule has 0 nitrogen and oxygen atoms in total. The molecular formula is C26H42P2. The summed E-state index contributed by atoms with van der Waals surface area (Å²) in [6.45, 7) is 14.4. The summed E-state index contributed by atoms with van der Waals surface area (Å²) in [7, 11) is 0.181. The van der Waals surface area contributed by atoms with Crippen LogP contribution in [0.15, 0.2) is 0 Å². The number of hydrogen-bond donors (Lipinski definition) is 0. The number of rotatable bonds is 13. The molecule has 0 amide bonds. The average molecular weight is 417 g/mol. The van der Waals surface area contributed by atoms with Gasteiger partial charge in [-0.2, -0.15) is 0 Å². The zero-order valence-electron chi connectivity index (χ0n) is 19.2. The fourth-order valence-electron chi connectivity index (χ4n) is 4.63. The van der Waals surface area contributed by atoms with Gasteiger partial charge in [0.25, 0.3) is 0 Å². The molecular weight excluding hydrogens is 374 g/mol. The Morgan fingerprint density at radius 1 is 0.571 bits per heavy atom. The summed E-state index contributed by atoms with van der Waals surface area (Å²) in [5.41, 5.74) is 1.43. The minimum atomic E-state index is 0.0904. The minimum Gasteiger partial charge on any atom is -0.103 e. The van der Waals surface area contributed by atoms with Gasteiger partial charge in [-0.05, 0) is 98.2 Å². The summed E-state index contributed by atoms with van der Waals surface area (Å²) in [6.07, 6.45) is 25.2. The van der Waals surface area contributed by atoms with E-state index in [9.17, 15) is 0 Å². The van der Waals surface area contributed by atoms with E-state index in [0.717, 1.165) is 0 Å². The van der Waals surface area contributed by atoms with E-state index in [1.165, 1.54) is 62.2 Å². The molecule has 0 aliphatic heterocycles. The van der Waals surface area contributed by atoms with E-state index in [0.29, 0.717) is 11.3 Å². The van der Waals surface area contributed by atoms with E-state index in [-0.39, 0.29) is 15.8 Å². The second-order valence-electron chi connectivity index (χ2n) is 8.21. The summed E-state index contributed by atoms with van der Waals surface area (Å²) < 4.78 is 0. The van der Waals surface area contributed by atoms with Gasteiger partial charge in [-0.1, -0.05) is 67.2 Å². The van der Waals surface area contributed by atoms with Crippen molar-refractivity contribution in [3.05, 3.63) is 62.2 Å². The van der Waals surface area contributed by atoms with Gasteiger partial charge in [0, 0.05) is 0 Å². The van der Waals surface area contributed by atoms with Crippen molar-refractivity contribution in [3.8, 4) is 0 Å². The third-order valence-electron chi connectivity index (χ3n) is 6.03. The van der Waals surface area contributed by atoms with Gasteiger partial charge in [-0.15, -0.1) is 15.8 Å². The Balaban J connectivity index is 2.10. The summed E-state index contributed by atoms with van der Waals surface area (Å²) >= 11 is 0. The normalized spacial score (nSPS) is 22.7. The van der Waals surface area contributed by atoms with Crippen molar-refractivity contribution >= 4 is 15.8 Å². The smallest absolute Gasteiger partial charge is 0.00502 e. The second-order valence-corrected chi connectivity index (χ2v) is 13.9. The van der Waals surface area contributed by atoms with Crippen LogP contribution < -0.4 is 0 Å². The van der Waals surface area contributed by atoms with Crippen molar-refractivity contribution in [3.63, 3.8) is 0 Å². The van der Waals surface area contributed by atoms with Gasteiger partial charge < -0.3 is 0 Å². The monoisotopic (exact) mass is 416 g/mol. The Hall–Kier alpha value is 0.860. The maximum Gasteiger partial charge on any atom is -0.00502 e. The fraction of sp³-hybridized carbons (Fsp3) is 0.615. The van der Waals surface area contributed by atoms with E-state index >= 15 is 0 Å². The third-order valence-corrected chi connectivity index (χ3v) is 12.9. The summed E-state index contributed by atoms with van der Waals surface area (Å²) in [5, 5.41) is 0. The Morgan fingerprint density at radius 3 is 1.18 bits per heavy atom. The van der Waals surface area contributed by atoms with E-state index in [4.69, 9.17) is 0 Å². The lowest BCUT2D eigenvalue weighted by molar-refractivity contribution is 0.844. The molecule has 2 rings (SSSR count). The Morgan fingerprint density at radius 2 is 0.893 bits per heavy atom. The van der Waals surface area contributed by atoms with Crippen molar-refractivity contribution < 1.29 is 0 Å². The molecule has 0 heterocycles. The van der Waals surface area contributed by atoms with E-state index in [1.807, 2.05) is 0 Å². The van der Waals surface area contributed by atoms with E-state index < -0.39 is 0 Å². The molecule has 0 spiro atoms. The van der Waals surface area contributed by atoms with Crippen LogP contribution in [0.5, 0.6) is 0 Å². The molecule has 2 atom stereocenters. The van der Waals surface area contributed by atoms with Crippen molar-refractivity contribution in [2.24, 2.45) is 0 Å². The first-order valence-corrected chi connectivity index (χ1v) is 15.1. The van der Waals surface area contributed by atoms with Crippen LogP contribution in [0.1, 0.15) is 67.2 Å². The van der Waals surface area contributed by atoms with Gasteiger partial charge in [-0.3, -0.25) is 0 Å². The molecule has 0 aromatic heterocycles. The summed E-state index contributed by atoms with van der Waals surface area (Å²) in [6, 6.07) is 0. The van der Waals surface area contributed by atoms with Crippen LogP contribution >= 0.6 is 15.8 Å². The van der Waals surface area contributed by atoms with Crippen LogP contribution in [0.25, 0.3) is 0 Å². The van der Waals surface area contributed by atoms with Crippen molar-refractivity contribution in [1.82, 2.24) is 0 Å². The zero-order chi connectivity index (χ0) is 20.5. The maximum absolute atomic E-state index is 2.50. The number of hydrogen-bond acceptors (Lipinski definition) is 0. The topological polar surface area (TPSA) is 0 Å². The highest BCUT2D eigenvalue weighted by Gasteiger charge is 2.47. The zero-order valence-corrected chi connectivity index (χ0v) is 21.0. The molecule has 0 unspecified atom stereocenters. The van der Waals surface area contributed by atoms with Gasteiger partial charge in [0.1, 0.15) is 0 Å². The lowest BCUT2D eigenvalue weighted by Crippen LogP contribution is -2.28. The van der Waals surface area contributed by atoms with Crippen LogP contribution in [0.4, 0.5) is 0 Å². The Kier molecular flexibility index (Phi) is 11.9. The Bertz CT molecular complexity index is 359. The molecule has 0 bridgehead atoms. The standard InChI is InChI=1S/C26H42P2/c1-7-17-27(18-8-2)21(5)23-13-11-15-25(23)26-16-12-14-24(26)22(6)28(19-9-3)20-10-4/h11-16,21-22H,7-10,17-20H2,1-6H3/t21-,22-/m1/s1. The third kappa shape index (κ3) is 6.43. The average Bonchev–Trinajstić information content (AvgIpc) is 3.35. The fourth-order valence-corrected chi connectivity index (χ4v) is 10.2. The van der Waals surface area contributed by atoms with Crippen LogP contribution in [0, 0.1) is 62.2 Å². The highest BCUT2D eigenvalue weighted by molar-refractivity contribution is 7.58. The maximum atomic E-state index is 2.50. The molecule has 0 saturated heterocycles. The lowest BCUT2D eigenvalue weighted by atomic mass is 9.76. The van der Waals surface area contributed by atoms with E-state index in [2.05, 4.69) is 80.1 Å². The van der Waals surface area contributed by atoms with Crippen molar-refractivity contribution in [2.75, 3.05) is 24.6 Å². The van der Waals surface area contributed by atoms with Gasteiger partial charge in [-0.25, -0.2) is 0 Å². The molecule has 2 heteroatoms. The molecule has 0 N–H and O–H groups in total. The SMILES string of the molecule is CCCP(CCC)[C@H](C)[C]1[CH][CH][CH][C]1[C]1[CH][CH][CH][C]1[C@@H](C)P(CCC)CCC. The van der Waals surface area contributed by atoms with Gasteiger partial charge >= 0.3 is 0 Å².